The van der Waals surface area contributed by atoms with Crippen LogP contribution in [0.15, 0.2) is 18.2 Å². The maximum absolute atomic E-state index is 10.7. The highest BCUT2D eigenvalue weighted by Crippen LogP contribution is 2.28. The number of nitrogens with zero attached hydrogens (tertiary/aromatic N) is 1. The molecule has 0 saturated carbocycles. The summed E-state index contributed by atoms with van der Waals surface area (Å²) in [5, 5.41) is 12.0. The lowest BCUT2D eigenvalue weighted by Crippen LogP contribution is -2.53. The zero-order valence-corrected chi connectivity index (χ0v) is 14.4. The van der Waals surface area contributed by atoms with E-state index < -0.39 is 6.10 Å². The van der Waals surface area contributed by atoms with Gasteiger partial charge in [0.15, 0.2) is 0 Å². The Bertz CT molecular complexity index is 468. The van der Waals surface area contributed by atoms with E-state index in [2.05, 4.69) is 18.7 Å². The minimum atomic E-state index is -0.450. The largest absolute Gasteiger partial charge is 0.391 e. The lowest BCUT2D eigenvalue weighted by atomic mass is 9.89. The summed E-state index contributed by atoms with van der Waals surface area (Å²) in [5.74, 6) is 0. The van der Waals surface area contributed by atoms with Crippen LogP contribution in [0.4, 0.5) is 0 Å². The molecule has 1 saturated heterocycles. The molecule has 1 aliphatic rings. The van der Waals surface area contributed by atoms with Crippen molar-refractivity contribution in [3.8, 4) is 0 Å². The monoisotopic (exact) mass is 329 g/mol. The molecule has 1 heterocycles. The highest BCUT2D eigenvalue weighted by Gasteiger charge is 2.34. The van der Waals surface area contributed by atoms with Gasteiger partial charge in [0, 0.05) is 22.0 Å². The summed E-state index contributed by atoms with van der Waals surface area (Å²) in [6, 6.07) is 5.48. The molecular formula is C17H25Cl2NO. The van der Waals surface area contributed by atoms with Gasteiger partial charge in [-0.1, -0.05) is 42.1 Å². The molecule has 1 unspecified atom stereocenters. The molecule has 0 spiro atoms. The second-order valence-electron chi connectivity index (χ2n) is 6.51. The van der Waals surface area contributed by atoms with Gasteiger partial charge in [-0.15, -0.1) is 0 Å². The third-order valence-corrected chi connectivity index (χ3v) is 5.25. The van der Waals surface area contributed by atoms with Crippen molar-refractivity contribution in [2.45, 2.75) is 57.6 Å². The van der Waals surface area contributed by atoms with Crippen LogP contribution in [0.3, 0.4) is 0 Å². The predicted octanol–water partition coefficient (Wildman–Crippen LogP) is 4.55. The third-order valence-electron chi connectivity index (χ3n) is 4.66. The number of likely N-dealkylation sites (tertiary alicyclic amines) is 1. The van der Waals surface area contributed by atoms with Crippen LogP contribution in [0.25, 0.3) is 0 Å². The Balaban J connectivity index is 2.07. The molecule has 0 radical (unpaired) electrons. The summed E-state index contributed by atoms with van der Waals surface area (Å²) >= 11 is 12.2. The molecule has 0 bridgehead atoms. The number of benzene rings is 1. The second kappa shape index (κ2) is 7.32. The molecule has 4 heteroatoms. The van der Waals surface area contributed by atoms with E-state index in [9.17, 15) is 5.11 Å². The van der Waals surface area contributed by atoms with Gasteiger partial charge >= 0.3 is 0 Å². The van der Waals surface area contributed by atoms with Crippen molar-refractivity contribution in [1.29, 1.82) is 0 Å². The number of halogens is 2. The average Bonchev–Trinajstić information content (AvgIpc) is 2.71. The van der Waals surface area contributed by atoms with Crippen LogP contribution in [0.1, 0.15) is 45.1 Å². The SMILES string of the molecule is CC(C)(C(O)Cc1ccc(Cl)cc1Cl)N1CCCCCC1. The number of aliphatic hydroxyl groups excluding tert-OH is 1. The van der Waals surface area contributed by atoms with Gasteiger partial charge in [-0.3, -0.25) is 4.90 Å². The Morgan fingerprint density at radius 3 is 2.33 bits per heavy atom. The van der Waals surface area contributed by atoms with Crippen molar-refractivity contribution in [3.63, 3.8) is 0 Å². The zero-order chi connectivity index (χ0) is 15.5. The van der Waals surface area contributed by atoms with Crippen LogP contribution in [0, 0.1) is 0 Å². The fraction of sp³-hybridized carbons (Fsp3) is 0.647. The molecule has 0 amide bonds. The third kappa shape index (κ3) is 4.35. The first-order chi connectivity index (χ1) is 9.91. The van der Waals surface area contributed by atoms with E-state index >= 15 is 0 Å². The molecule has 1 aliphatic heterocycles. The van der Waals surface area contributed by atoms with Crippen molar-refractivity contribution in [2.75, 3.05) is 13.1 Å². The van der Waals surface area contributed by atoms with Crippen molar-refractivity contribution >= 4 is 23.2 Å². The van der Waals surface area contributed by atoms with Crippen molar-refractivity contribution in [2.24, 2.45) is 0 Å². The van der Waals surface area contributed by atoms with Gasteiger partial charge in [0.05, 0.1) is 6.10 Å². The fourth-order valence-electron chi connectivity index (χ4n) is 3.00. The number of aliphatic hydroxyl groups is 1. The zero-order valence-electron chi connectivity index (χ0n) is 12.9. The maximum Gasteiger partial charge on any atom is 0.0759 e. The van der Waals surface area contributed by atoms with Gasteiger partial charge < -0.3 is 5.11 Å². The van der Waals surface area contributed by atoms with Gasteiger partial charge in [0.2, 0.25) is 0 Å². The molecule has 0 aromatic heterocycles. The molecular weight excluding hydrogens is 305 g/mol. The molecule has 1 aromatic rings. The molecule has 1 fully saturated rings. The Morgan fingerprint density at radius 2 is 1.76 bits per heavy atom. The summed E-state index contributed by atoms with van der Waals surface area (Å²) in [6.45, 7) is 6.40. The highest BCUT2D eigenvalue weighted by molar-refractivity contribution is 6.35. The van der Waals surface area contributed by atoms with Crippen LogP contribution in [-0.4, -0.2) is 34.7 Å². The summed E-state index contributed by atoms with van der Waals surface area (Å²) in [4.78, 5) is 2.43. The molecule has 1 N–H and O–H groups in total. The van der Waals surface area contributed by atoms with Gasteiger partial charge in [0.25, 0.3) is 0 Å². The average molecular weight is 330 g/mol. The standard InChI is InChI=1S/C17H25Cl2NO/c1-17(2,20-9-5-3-4-6-10-20)16(21)11-13-7-8-14(18)12-15(13)19/h7-8,12,16,21H,3-6,9-11H2,1-2H3. The topological polar surface area (TPSA) is 23.5 Å². The first-order valence-electron chi connectivity index (χ1n) is 7.78. The first kappa shape index (κ1) is 17.1. The molecule has 1 aromatic carbocycles. The Morgan fingerprint density at radius 1 is 1.14 bits per heavy atom. The van der Waals surface area contributed by atoms with E-state index in [1.54, 1.807) is 6.07 Å². The van der Waals surface area contributed by atoms with Gasteiger partial charge in [0.1, 0.15) is 0 Å². The summed E-state index contributed by atoms with van der Waals surface area (Å²) in [6.07, 6.45) is 5.14. The smallest absolute Gasteiger partial charge is 0.0759 e. The predicted molar refractivity (Wildman–Crippen MR) is 90.3 cm³/mol. The molecule has 2 nitrogen and oxygen atoms in total. The second-order valence-corrected chi connectivity index (χ2v) is 7.35. The quantitative estimate of drug-likeness (QED) is 0.875. The Labute approximate surface area is 138 Å². The minimum absolute atomic E-state index is 0.243. The van der Waals surface area contributed by atoms with Crippen molar-refractivity contribution < 1.29 is 5.11 Å². The molecule has 118 valence electrons. The molecule has 0 aliphatic carbocycles. The van der Waals surface area contributed by atoms with E-state index in [0.29, 0.717) is 16.5 Å². The fourth-order valence-corrected chi connectivity index (χ4v) is 3.49. The van der Waals surface area contributed by atoms with Crippen molar-refractivity contribution in [1.82, 2.24) is 4.90 Å². The summed E-state index contributed by atoms with van der Waals surface area (Å²) in [5.41, 5.74) is 0.712. The summed E-state index contributed by atoms with van der Waals surface area (Å²) < 4.78 is 0. The van der Waals surface area contributed by atoms with Crippen LogP contribution in [-0.2, 0) is 6.42 Å². The molecule has 1 atom stereocenters. The van der Waals surface area contributed by atoms with Crippen molar-refractivity contribution in [3.05, 3.63) is 33.8 Å². The number of rotatable bonds is 4. The highest BCUT2D eigenvalue weighted by atomic mass is 35.5. The van der Waals surface area contributed by atoms with E-state index in [0.717, 1.165) is 18.7 Å². The maximum atomic E-state index is 10.7. The number of hydrogen-bond acceptors (Lipinski definition) is 2. The van der Waals surface area contributed by atoms with Crippen LogP contribution in [0.2, 0.25) is 10.0 Å². The summed E-state index contributed by atoms with van der Waals surface area (Å²) in [7, 11) is 0. The lowest BCUT2D eigenvalue weighted by molar-refractivity contribution is -0.00785. The normalized spacial score (nSPS) is 19.3. The van der Waals surface area contributed by atoms with Gasteiger partial charge in [-0.25, -0.2) is 0 Å². The van der Waals surface area contributed by atoms with Gasteiger partial charge in [-0.05, 0) is 57.5 Å². The van der Waals surface area contributed by atoms with E-state index in [-0.39, 0.29) is 5.54 Å². The molecule has 2 rings (SSSR count). The Kier molecular flexibility index (Phi) is 5.96. The molecule has 21 heavy (non-hydrogen) atoms. The number of hydrogen-bond donors (Lipinski definition) is 1. The van der Waals surface area contributed by atoms with E-state index in [1.807, 2.05) is 12.1 Å². The van der Waals surface area contributed by atoms with E-state index in [1.165, 1.54) is 25.7 Å². The van der Waals surface area contributed by atoms with E-state index in [4.69, 9.17) is 23.2 Å². The van der Waals surface area contributed by atoms with Gasteiger partial charge in [-0.2, -0.15) is 0 Å². The van der Waals surface area contributed by atoms with Crippen LogP contribution < -0.4 is 0 Å². The Hall–Kier alpha value is -0.280. The van der Waals surface area contributed by atoms with Crippen LogP contribution in [0.5, 0.6) is 0 Å². The van der Waals surface area contributed by atoms with Crippen LogP contribution >= 0.6 is 23.2 Å². The first-order valence-corrected chi connectivity index (χ1v) is 8.54. The lowest BCUT2D eigenvalue weighted by Gasteiger charge is -2.41. The minimum Gasteiger partial charge on any atom is -0.391 e.